The highest BCUT2D eigenvalue weighted by atomic mass is 32.1. The van der Waals surface area contributed by atoms with Crippen molar-refractivity contribution in [1.29, 1.82) is 0 Å². The van der Waals surface area contributed by atoms with Crippen LogP contribution >= 0.6 is 11.3 Å². The molecule has 2 aromatic rings. The third kappa shape index (κ3) is 2.36. The zero-order valence-corrected chi connectivity index (χ0v) is 10.9. The van der Waals surface area contributed by atoms with Crippen LogP contribution in [0, 0.1) is 13.8 Å². The van der Waals surface area contributed by atoms with Crippen LogP contribution in [-0.2, 0) is 0 Å². The van der Waals surface area contributed by atoms with E-state index in [4.69, 9.17) is 0 Å². The quantitative estimate of drug-likeness (QED) is 0.816. The number of hydrogen-bond acceptors (Lipinski definition) is 3. The van der Waals surface area contributed by atoms with Crippen LogP contribution in [0.5, 0.6) is 0 Å². The summed E-state index contributed by atoms with van der Waals surface area (Å²) in [4.78, 5) is 17.8. The largest absolute Gasteiger partial charge is 0.310 e. The van der Waals surface area contributed by atoms with Gasteiger partial charge in [0.25, 0.3) is 5.91 Å². The molecule has 0 saturated heterocycles. The van der Waals surface area contributed by atoms with E-state index in [9.17, 15) is 4.79 Å². The van der Waals surface area contributed by atoms with Gasteiger partial charge < -0.3 is 4.90 Å². The van der Waals surface area contributed by atoms with Gasteiger partial charge in [0.2, 0.25) is 0 Å². The van der Waals surface area contributed by atoms with Crippen LogP contribution in [0.3, 0.4) is 0 Å². The number of aryl methyl sites for hydroxylation is 2. The number of anilines is 1. The molecule has 17 heavy (non-hydrogen) atoms. The Bertz CT molecular complexity index is 534. The number of rotatable bonds is 2. The smallest absolute Gasteiger partial charge is 0.277 e. The van der Waals surface area contributed by atoms with E-state index in [0.29, 0.717) is 5.69 Å². The molecule has 0 fully saturated rings. The summed E-state index contributed by atoms with van der Waals surface area (Å²) in [6.45, 7) is 4.05. The second-order valence-corrected chi connectivity index (χ2v) is 4.75. The highest BCUT2D eigenvalue weighted by Crippen LogP contribution is 2.21. The van der Waals surface area contributed by atoms with Gasteiger partial charge in [-0.3, -0.25) is 4.79 Å². The Balaban J connectivity index is 2.31. The van der Waals surface area contributed by atoms with Crippen molar-refractivity contribution in [3.8, 4) is 0 Å². The van der Waals surface area contributed by atoms with Crippen LogP contribution < -0.4 is 4.90 Å². The molecule has 1 heterocycles. The molecule has 1 aromatic heterocycles. The Kier molecular flexibility index (Phi) is 3.24. The summed E-state index contributed by atoms with van der Waals surface area (Å²) >= 11 is 1.43. The predicted molar refractivity (Wildman–Crippen MR) is 70.8 cm³/mol. The average molecular weight is 246 g/mol. The molecule has 0 unspecified atom stereocenters. The van der Waals surface area contributed by atoms with Crippen molar-refractivity contribution >= 4 is 22.9 Å². The fraction of sp³-hybridized carbons (Fsp3) is 0.231. The Morgan fingerprint density at radius 3 is 2.71 bits per heavy atom. The molecule has 1 aromatic carbocycles. The molecule has 0 saturated carbocycles. The third-order valence-electron chi connectivity index (χ3n) is 2.67. The number of carbonyl (C=O) groups is 1. The monoisotopic (exact) mass is 246 g/mol. The van der Waals surface area contributed by atoms with E-state index in [1.54, 1.807) is 22.8 Å². The van der Waals surface area contributed by atoms with Crippen LogP contribution in [0.25, 0.3) is 0 Å². The SMILES string of the molecule is Cc1ccc(N(C)C(=O)c2cscn2)c(C)c1. The van der Waals surface area contributed by atoms with Gasteiger partial charge in [0, 0.05) is 18.1 Å². The van der Waals surface area contributed by atoms with Crippen molar-refractivity contribution < 1.29 is 4.79 Å². The lowest BCUT2D eigenvalue weighted by atomic mass is 10.1. The van der Waals surface area contributed by atoms with Gasteiger partial charge in [0.1, 0.15) is 5.69 Å². The molecule has 0 aliphatic carbocycles. The Morgan fingerprint density at radius 1 is 1.35 bits per heavy atom. The molecular formula is C13H14N2OS. The van der Waals surface area contributed by atoms with Gasteiger partial charge in [-0.25, -0.2) is 4.98 Å². The third-order valence-corrected chi connectivity index (χ3v) is 3.26. The summed E-state index contributed by atoms with van der Waals surface area (Å²) in [5, 5.41) is 1.77. The first kappa shape index (κ1) is 11.8. The topological polar surface area (TPSA) is 33.2 Å². The summed E-state index contributed by atoms with van der Waals surface area (Å²) in [5.41, 5.74) is 5.38. The zero-order valence-electron chi connectivity index (χ0n) is 10.1. The first-order valence-electron chi connectivity index (χ1n) is 5.33. The molecule has 1 amide bonds. The first-order valence-corrected chi connectivity index (χ1v) is 6.27. The summed E-state index contributed by atoms with van der Waals surface area (Å²) in [6, 6.07) is 6.04. The first-order chi connectivity index (χ1) is 8.09. The lowest BCUT2D eigenvalue weighted by Gasteiger charge is -2.18. The fourth-order valence-corrected chi connectivity index (χ4v) is 2.31. The molecule has 0 radical (unpaired) electrons. The van der Waals surface area contributed by atoms with E-state index in [1.165, 1.54) is 16.9 Å². The minimum atomic E-state index is -0.0711. The fourth-order valence-electron chi connectivity index (χ4n) is 1.78. The van der Waals surface area contributed by atoms with Gasteiger partial charge >= 0.3 is 0 Å². The molecule has 0 aliphatic heterocycles. The highest BCUT2D eigenvalue weighted by Gasteiger charge is 2.16. The van der Waals surface area contributed by atoms with Crippen LogP contribution in [0.15, 0.2) is 29.1 Å². The maximum Gasteiger partial charge on any atom is 0.277 e. The number of hydrogen-bond donors (Lipinski definition) is 0. The van der Waals surface area contributed by atoms with Crippen LogP contribution in [-0.4, -0.2) is 17.9 Å². The molecule has 2 rings (SSSR count). The Hall–Kier alpha value is -1.68. The molecule has 0 spiro atoms. The van der Waals surface area contributed by atoms with Crippen molar-refractivity contribution in [1.82, 2.24) is 4.98 Å². The van der Waals surface area contributed by atoms with E-state index in [2.05, 4.69) is 11.1 Å². The minimum absolute atomic E-state index is 0.0711. The predicted octanol–water partition coefficient (Wildman–Crippen LogP) is 3.04. The number of nitrogens with zero attached hydrogens (tertiary/aromatic N) is 2. The number of carbonyl (C=O) groups excluding carboxylic acids is 1. The van der Waals surface area contributed by atoms with Crippen LogP contribution in [0.1, 0.15) is 21.6 Å². The molecule has 0 N–H and O–H groups in total. The molecule has 0 atom stereocenters. The van der Waals surface area contributed by atoms with Gasteiger partial charge in [-0.2, -0.15) is 0 Å². The van der Waals surface area contributed by atoms with E-state index in [-0.39, 0.29) is 5.91 Å². The van der Waals surface area contributed by atoms with E-state index >= 15 is 0 Å². The molecule has 4 heteroatoms. The van der Waals surface area contributed by atoms with Gasteiger partial charge in [0.15, 0.2) is 0 Å². The van der Waals surface area contributed by atoms with Crippen molar-refractivity contribution in [2.45, 2.75) is 13.8 Å². The Labute approximate surface area is 105 Å². The summed E-state index contributed by atoms with van der Waals surface area (Å²) in [6.07, 6.45) is 0. The lowest BCUT2D eigenvalue weighted by molar-refractivity contribution is 0.0989. The van der Waals surface area contributed by atoms with Gasteiger partial charge in [-0.15, -0.1) is 11.3 Å². The summed E-state index contributed by atoms with van der Waals surface area (Å²) < 4.78 is 0. The maximum atomic E-state index is 12.1. The number of thiazole rings is 1. The van der Waals surface area contributed by atoms with Gasteiger partial charge in [-0.05, 0) is 25.5 Å². The van der Waals surface area contributed by atoms with Crippen molar-refractivity contribution in [2.24, 2.45) is 0 Å². The second kappa shape index (κ2) is 4.67. The minimum Gasteiger partial charge on any atom is -0.310 e. The standard InChI is InChI=1S/C13H14N2OS/c1-9-4-5-12(10(2)6-9)15(3)13(16)11-7-17-8-14-11/h4-8H,1-3H3. The molecule has 3 nitrogen and oxygen atoms in total. The summed E-state index contributed by atoms with van der Waals surface area (Å²) in [5.74, 6) is -0.0711. The van der Waals surface area contributed by atoms with E-state index in [0.717, 1.165) is 11.3 Å². The normalized spacial score (nSPS) is 10.3. The molecule has 88 valence electrons. The number of amides is 1. The van der Waals surface area contributed by atoms with Crippen molar-refractivity contribution in [2.75, 3.05) is 11.9 Å². The number of benzene rings is 1. The van der Waals surface area contributed by atoms with Crippen LogP contribution in [0.2, 0.25) is 0 Å². The highest BCUT2D eigenvalue weighted by molar-refractivity contribution is 7.07. The van der Waals surface area contributed by atoms with Crippen LogP contribution in [0.4, 0.5) is 5.69 Å². The molecule has 0 aliphatic rings. The zero-order chi connectivity index (χ0) is 12.4. The van der Waals surface area contributed by atoms with Crippen molar-refractivity contribution in [3.05, 3.63) is 45.9 Å². The second-order valence-electron chi connectivity index (χ2n) is 4.03. The summed E-state index contributed by atoms with van der Waals surface area (Å²) in [7, 11) is 1.78. The lowest BCUT2D eigenvalue weighted by Crippen LogP contribution is -2.27. The maximum absolute atomic E-state index is 12.1. The number of aromatic nitrogens is 1. The average Bonchev–Trinajstić information content (AvgIpc) is 2.80. The molecular weight excluding hydrogens is 232 g/mol. The molecule has 0 bridgehead atoms. The van der Waals surface area contributed by atoms with Gasteiger partial charge in [-0.1, -0.05) is 17.7 Å². The Morgan fingerprint density at radius 2 is 2.12 bits per heavy atom. The van der Waals surface area contributed by atoms with Gasteiger partial charge in [0.05, 0.1) is 5.51 Å². The van der Waals surface area contributed by atoms with Crippen molar-refractivity contribution in [3.63, 3.8) is 0 Å². The van der Waals surface area contributed by atoms with E-state index < -0.39 is 0 Å². The van der Waals surface area contributed by atoms with E-state index in [1.807, 2.05) is 26.0 Å².